The van der Waals surface area contributed by atoms with Gasteiger partial charge in [-0.3, -0.25) is 0 Å². The molecule has 0 saturated heterocycles. The fraction of sp³-hybridized carbons (Fsp3) is 0.923. The van der Waals surface area contributed by atoms with Gasteiger partial charge in [0.1, 0.15) is 0 Å². The number of hydrogen-bond donors (Lipinski definition) is 0. The Bertz CT molecular complexity index is 185. The molecule has 0 aliphatic carbocycles. The molecule has 0 N–H and O–H groups in total. The summed E-state index contributed by atoms with van der Waals surface area (Å²) in [5, 5.41) is 0. The van der Waals surface area contributed by atoms with Crippen molar-refractivity contribution in [2.45, 2.75) is 78.0 Å². The maximum absolute atomic E-state index is 12.0. The number of rotatable bonds is 5. The van der Waals surface area contributed by atoms with E-state index in [4.69, 9.17) is 0 Å². The summed E-state index contributed by atoms with van der Waals surface area (Å²) in [5.41, 5.74) is 1.98. The molecule has 0 aromatic rings. The van der Waals surface area contributed by atoms with Crippen LogP contribution < -0.4 is 0 Å². The monoisotopic (exact) mass is 232 g/mol. The summed E-state index contributed by atoms with van der Waals surface area (Å²) in [5.74, 6) is 0. The molecule has 0 unspecified atom stereocenters. The van der Waals surface area contributed by atoms with E-state index in [-0.39, 0.29) is 0 Å². The molecule has 15 heavy (non-hydrogen) atoms. The second-order valence-corrected chi connectivity index (χ2v) is 13.3. The molecule has 0 aliphatic heterocycles. The standard InChI is InChI=1S/C13H29OP/c1-10(2)15(9-14,11(3)4,12(5)6)13(7)8/h9-13H,1-8H3. The van der Waals surface area contributed by atoms with Crippen LogP contribution in [0.25, 0.3) is 0 Å². The Kier molecular flexibility index (Phi) is 4.56. The zero-order valence-corrected chi connectivity index (χ0v) is 12.6. The van der Waals surface area contributed by atoms with E-state index in [2.05, 4.69) is 55.4 Å². The molecule has 0 aliphatic rings. The number of hydrogen-bond acceptors (Lipinski definition) is 1. The molecule has 1 nitrogen and oxygen atoms in total. The number of carbonyl (C=O) groups is 1. The van der Waals surface area contributed by atoms with Gasteiger partial charge in [0.05, 0.1) is 0 Å². The summed E-state index contributed by atoms with van der Waals surface area (Å²) in [6, 6.07) is 1.39. The van der Waals surface area contributed by atoms with Gasteiger partial charge in [0.2, 0.25) is 0 Å². The summed E-state index contributed by atoms with van der Waals surface area (Å²) >= 11 is 0. The SMILES string of the molecule is CC(C)P(C=O)(C(C)C)(C(C)C)C(C)C. The second kappa shape index (κ2) is 4.53. The Morgan fingerprint density at radius 2 is 0.867 bits per heavy atom. The minimum absolute atomic E-state index is 0.494. The van der Waals surface area contributed by atoms with Crippen LogP contribution in [0.3, 0.4) is 0 Å². The van der Waals surface area contributed by atoms with Crippen molar-refractivity contribution in [3.63, 3.8) is 0 Å². The fourth-order valence-electron chi connectivity index (χ4n) is 4.06. The molecule has 0 aromatic heterocycles. The van der Waals surface area contributed by atoms with Gasteiger partial charge in [-0.1, -0.05) is 0 Å². The van der Waals surface area contributed by atoms with E-state index >= 15 is 0 Å². The molecular weight excluding hydrogens is 203 g/mol. The third-order valence-corrected chi connectivity index (χ3v) is 15.0. The zero-order valence-electron chi connectivity index (χ0n) is 11.7. The molecule has 0 bridgehead atoms. The van der Waals surface area contributed by atoms with Gasteiger partial charge in [0, 0.05) is 0 Å². The quantitative estimate of drug-likeness (QED) is 0.508. The van der Waals surface area contributed by atoms with Crippen LogP contribution in [0.5, 0.6) is 0 Å². The van der Waals surface area contributed by atoms with Crippen molar-refractivity contribution in [3.05, 3.63) is 0 Å². The molecule has 0 saturated carbocycles. The average molecular weight is 232 g/mol. The van der Waals surface area contributed by atoms with E-state index in [1.165, 1.54) is 6.03 Å². The van der Waals surface area contributed by atoms with Crippen LogP contribution in [-0.2, 0) is 4.79 Å². The van der Waals surface area contributed by atoms with Crippen LogP contribution >= 0.6 is 6.60 Å². The van der Waals surface area contributed by atoms with E-state index in [0.717, 1.165) is 0 Å². The molecule has 2 heteroatoms. The van der Waals surface area contributed by atoms with Crippen LogP contribution in [0.4, 0.5) is 0 Å². The molecule has 0 fully saturated rings. The first-order chi connectivity index (χ1) is 6.67. The summed E-state index contributed by atoms with van der Waals surface area (Å²) in [6.07, 6.45) is 0. The normalized spacial score (nSPS) is 16.1. The molecule has 0 atom stereocenters. The molecular formula is C13H29OP. The Hall–Kier alpha value is 0.100. The van der Waals surface area contributed by atoms with Crippen LogP contribution in [0, 0.1) is 0 Å². The van der Waals surface area contributed by atoms with Crippen LogP contribution in [0.1, 0.15) is 55.4 Å². The zero-order chi connectivity index (χ0) is 12.5. The fourth-order valence-corrected chi connectivity index (χ4v) is 12.2. The first kappa shape index (κ1) is 15.1. The van der Waals surface area contributed by atoms with Gasteiger partial charge in [-0.05, 0) is 0 Å². The van der Waals surface area contributed by atoms with E-state index in [0.29, 0.717) is 22.6 Å². The van der Waals surface area contributed by atoms with Crippen LogP contribution in [0.2, 0.25) is 0 Å². The molecule has 0 heterocycles. The first-order valence-corrected chi connectivity index (χ1v) is 8.73. The van der Waals surface area contributed by atoms with Crippen molar-refractivity contribution in [2.24, 2.45) is 0 Å². The van der Waals surface area contributed by atoms with Gasteiger partial charge in [-0.15, -0.1) is 0 Å². The van der Waals surface area contributed by atoms with E-state index in [9.17, 15) is 4.79 Å². The minimum atomic E-state index is -2.29. The van der Waals surface area contributed by atoms with Gasteiger partial charge in [0.25, 0.3) is 0 Å². The second-order valence-electron chi connectivity index (χ2n) is 5.97. The average Bonchev–Trinajstić information content (AvgIpc) is 2.04. The van der Waals surface area contributed by atoms with Gasteiger partial charge < -0.3 is 0 Å². The maximum atomic E-state index is 12.0. The van der Waals surface area contributed by atoms with Crippen molar-refractivity contribution >= 4 is 12.6 Å². The third-order valence-electron chi connectivity index (χ3n) is 5.01. The Labute approximate surface area is 95.9 Å². The van der Waals surface area contributed by atoms with Gasteiger partial charge in [-0.2, -0.15) is 0 Å². The van der Waals surface area contributed by atoms with E-state index in [1.807, 2.05) is 0 Å². The van der Waals surface area contributed by atoms with Crippen molar-refractivity contribution < 1.29 is 4.79 Å². The third kappa shape index (κ3) is 1.58. The molecule has 0 rings (SSSR count). The Balaban J connectivity index is 5.99. The molecule has 0 amide bonds. The molecule has 0 radical (unpaired) electrons. The van der Waals surface area contributed by atoms with E-state index < -0.39 is 6.60 Å². The van der Waals surface area contributed by atoms with Crippen LogP contribution in [0.15, 0.2) is 0 Å². The number of carbonyl (C=O) groups excluding carboxylic acids is 1. The molecule has 0 spiro atoms. The summed E-state index contributed by atoms with van der Waals surface area (Å²) in [7, 11) is 0. The summed E-state index contributed by atoms with van der Waals surface area (Å²) in [4.78, 5) is 12.0. The Morgan fingerprint density at radius 1 is 0.667 bits per heavy atom. The topological polar surface area (TPSA) is 17.1 Å². The first-order valence-electron chi connectivity index (χ1n) is 6.15. The summed E-state index contributed by atoms with van der Waals surface area (Å²) < 4.78 is 0. The van der Waals surface area contributed by atoms with Gasteiger partial charge in [-0.25, -0.2) is 0 Å². The van der Waals surface area contributed by atoms with Crippen molar-refractivity contribution in [1.29, 1.82) is 0 Å². The van der Waals surface area contributed by atoms with Gasteiger partial charge in [0.15, 0.2) is 0 Å². The summed E-state index contributed by atoms with van der Waals surface area (Å²) in [6.45, 7) is 15.6. The van der Waals surface area contributed by atoms with E-state index in [1.54, 1.807) is 0 Å². The predicted molar refractivity (Wildman–Crippen MR) is 74.2 cm³/mol. The molecule has 92 valence electrons. The molecule has 0 aromatic carbocycles. The van der Waals surface area contributed by atoms with Crippen molar-refractivity contribution in [3.8, 4) is 0 Å². The van der Waals surface area contributed by atoms with Crippen molar-refractivity contribution in [1.82, 2.24) is 0 Å². The van der Waals surface area contributed by atoms with Crippen LogP contribution in [-0.4, -0.2) is 28.7 Å². The predicted octanol–water partition coefficient (Wildman–Crippen LogP) is 4.36. The van der Waals surface area contributed by atoms with Gasteiger partial charge >= 0.3 is 95.5 Å². The Morgan fingerprint density at radius 3 is 0.867 bits per heavy atom. The van der Waals surface area contributed by atoms with Crippen molar-refractivity contribution in [2.75, 3.05) is 0 Å².